The van der Waals surface area contributed by atoms with E-state index in [9.17, 15) is 14.4 Å². The number of carbonyl (C=O) groups excluding carboxylic acids is 3. The van der Waals surface area contributed by atoms with Gasteiger partial charge in [-0.2, -0.15) is 0 Å². The molecule has 2 amide bonds. The number of rotatable bonds is 8. The Kier molecular flexibility index (Phi) is 8.57. The molecular weight excluding hydrogens is 340 g/mol. The minimum atomic E-state index is -1.17. The zero-order chi connectivity index (χ0) is 19.6. The molecule has 0 saturated carbocycles. The normalized spacial score (nSPS) is 12.0. The summed E-state index contributed by atoms with van der Waals surface area (Å²) < 4.78 is 10.2. The molecule has 0 fully saturated rings. The van der Waals surface area contributed by atoms with Gasteiger partial charge in [-0.05, 0) is 26.3 Å². The Labute approximate surface area is 152 Å². The predicted molar refractivity (Wildman–Crippen MR) is 94.1 cm³/mol. The monoisotopic (exact) mass is 366 g/mol. The lowest BCUT2D eigenvalue weighted by atomic mass is 10.2. The molecule has 1 rings (SSSR count). The highest BCUT2D eigenvalue weighted by Crippen LogP contribution is 2.08. The van der Waals surface area contributed by atoms with Gasteiger partial charge in [0.1, 0.15) is 18.2 Å². The number of nitrogens with one attached hydrogen (secondary N) is 2. The van der Waals surface area contributed by atoms with Crippen molar-refractivity contribution in [2.75, 3.05) is 13.2 Å². The number of aliphatic hydroxyl groups excluding tert-OH is 1. The van der Waals surface area contributed by atoms with Crippen molar-refractivity contribution >= 4 is 18.0 Å². The summed E-state index contributed by atoms with van der Waals surface area (Å²) in [4.78, 5) is 36.0. The number of alkyl carbamates (subject to hydrolysis) is 1. The molecule has 0 aromatic heterocycles. The van der Waals surface area contributed by atoms with Gasteiger partial charge in [-0.3, -0.25) is 9.59 Å². The van der Waals surface area contributed by atoms with Crippen molar-refractivity contribution in [3.63, 3.8) is 0 Å². The maximum Gasteiger partial charge on any atom is 0.408 e. The summed E-state index contributed by atoms with van der Waals surface area (Å²) in [5, 5.41) is 13.6. The second-order valence-corrected chi connectivity index (χ2v) is 6.56. The average molecular weight is 366 g/mol. The van der Waals surface area contributed by atoms with Crippen LogP contribution in [0.15, 0.2) is 30.3 Å². The van der Waals surface area contributed by atoms with Crippen molar-refractivity contribution in [3.8, 4) is 0 Å². The number of benzene rings is 1. The summed E-state index contributed by atoms with van der Waals surface area (Å²) in [5.41, 5.74) is 0.0616. The highest BCUT2D eigenvalue weighted by molar-refractivity contribution is 5.89. The summed E-state index contributed by atoms with van der Waals surface area (Å²) in [6.45, 7) is 4.86. The van der Waals surface area contributed by atoms with E-state index in [2.05, 4.69) is 10.6 Å². The predicted octanol–water partition coefficient (Wildman–Crippen LogP) is 1.12. The van der Waals surface area contributed by atoms with Crippen molar-refractivity contribution in [3.05, 3.63) is 35.9 Å². The quantitative estimate of drug-likeness (QED) is 0.594. The lowest BCUT2D eigenvalue weighted by Crippen LogP contribution is -2.49. The van der Waals surface area contributed by atoms with Gasteiger partial charge >= 0.3 is 12.1 Å². The van der Waals surface area contributed by atoms with Crippen LogP contribution < -0.4 is 10.6 Å². The molecule has 8 nitrogen and oxygen atoms in total. The number of hydrogen-bond donors (Lipinski definition) is 3. The number of ether oxygens (including phenoxy) is 2. The van der Waals surface area contributed by atoms with E-state index in [4.69, 9.17) is 14.6 Å². The molecule has 0 aliphatic heterocycles. The van der Waals surface area contributed by atoms with Crippen LogP contribution in [0.4, 0.5) is 4.79 Å². The molecule has 1 unspecified atom stereocenters. The van der Waals surface area contributed by atoms with Gasteiger partial charge in [0.15, 0.2) is 0 Å². The standard InChI is InChI=1S/C18H26N2O6/c1-18(2,3)26-17(24)20-14(16(23)19-9-10-21)11-15(22)25-12-13-7-5-4-6-8-13/h4-8,14,21H,9-12H2,1-3H3,(H,19,23)(H,20,24). The van der Waals surface area contributed by atoms with Crippen molar-refractivity contribution in [1.29, 1.82) is 0 Å². The first kappa shape index (κ1) is 21.4. The van der Waals surface area contributed by atoms with E-state index in [0.29, 0.717) is 0 Å². The molecule has 144 valence electrons. The molecule has 1 aromatic rings. The lowest BCUT2D eigenvalue weighted by Gasteiger charge is -2.23. The second kappa shape index (κ2) is 10.4. The maximum absolute atomic E-state index is 12.1. The van der Waals surface area contributed by atoms with Gasteiger partial charge in [-0.15, -0.1) is 0 Å². The molecule has 0 heterocycles. The summed E-state index contributed by atoms with van der Waals surface area (Å²) in [5.74, 6) is -1.25. The van der Waals surface area contributed by atoms with Gasteiger partial charge in [0.2, 0.25) is 5.91 Å². The smallest absolute Gasteiger partial charge is 0.408 e. The van der Waals surface area contributed by atoms with Gasteiger partial charge < -0.3 is 25.2 Å². The van der Waals surface area contributed by atoms with E-state index in [1.807, 2.05) is 18.2 Å². The van der Waals surface area contributed by atoms with Gasteiger partial charge in [0.25, 0.3) is 0 Å². The Bertz CT molecular complexity index is 597. The molecule has 1 atom stereocenters. The molecule has 0 aliphatic rings. The number of hydrogen-bond acceptors (Lipinski definition) is 6. The topological polar surface area (TPSA) is 114 Å². The highest BCUT2D eigenvalue weighted by atomic mass is 16.6. The van der Waals surface area contributed by atoms with Crippen molar-refractivity contribution < 1.29 is 29.0 Å². The Balaban J connectivity index is 2.63. The van der Waals surface area contributed by atoms with Crippen LogP contribution >= 0.6 is 0 Å². The number of carbonyl (C=O) groups is 3. The third-order valence-electron chi connectivity index (χ3n) is 3.03. The van der Waals surface area contributed by atoms with Crippen molar-refractivity contribution in [1.82, 2.24) is 10.6 Å². The summed E-state index contributed by atoms with van der Waals surface area (Å²) in [6.07, 6.45) is -1.18. The Hall–Kier alpha value is -2.61. The van der Waals surface area contributed by atoms with E-state index in [1.54, 1.807) is 32.9 Å². The van der Waals surface area contributed by atoms with E-state index < -0.39 is 29.6 Å². The SMILES string of the molecule is CC(C)(C)OC(=O)NC(CC(=O)OCc1ccccc1)C(=O)NCCO. The minimum absolute atomic E-state index is 0.00436. The molecule has 0 bridgehead atoms. The average Bonchev–Trinajstić information content (AvgIpc) is 2.56. The lowest BCUT2D eigenvalue weighted by molar-refractivity contribution is -0.147. The summed E-state index contributed by atoms with van der Waals surface area (Å²) in [7, 11) is 0. The molecule has 0 saturated heterocycles. The first-order valence-corrected chi connectivity index (χ1v) is 8.29. The fourth-order valence-corrected chi connectivity index (χ4v) is 1.93. The van der Waals surface area contributed by atoms with Gasteiger partial charge in [-0.1, -0.05) is 30.3 Å². The Morgan fingerprint density at radius 2 is 1.81 bits per heavy atom. The summed E-state index contributed by atoms with van der Waals surface area (Å²) >= 11 is 0. The molecule has 0 aliphatic carbocycles. The number of aliphatic hydroxyl groups is 1. The Morgan fingerprint density at radius 3 is 2.38 bits per heavy atom. The first-order valence-electron chi connectivity index (χ1n) is 8.29. The fraction of sp³-hybridized carbons (Fsp3) is 0.500. The van der Waals surface area contributed by atoms with E-state index in [-0.39, 0.29) is 26.2 Å². The van der Waals surface area contributed by atoms with E-state index in [0.717, 1.165) is 5.56 Å². The molecule has 3 N–H and O–H groups in total. The second-order valence-electron chi connectivity index (χ2n) is 6.56. The van der Waals surface area contributed by atoms with Gasteiger partial charge in [0.05, 0.1) is 13.0 Å². The van der Waals surface area contributed by atoms with Crippen LogP contribution in [0.5, 0.6) is 0 Å². The number of amides is 2. The third-order valence-corrected chi connectivity index (χ3v) is 3.03. The van der Waals surface area contributed by atoms with Crippen LogP contribution in [0.25, 0.3) is 0 Å². The molecular formula is C18H26N2O6. The zero-order valence-corrected chi connectivity index (χ0v) is 15.3. The van der Waals surface area contributed by atoms with Gasteiger partial charge in [0, 0.05) is 6.54 Å². The van der Waals surface area contributed by atoms with Crippen LogP contribution in [0.2, 0.25) is 0 Å². The van der Waals surface area contributed by atoms with E-state index >= 15 is 0 Å². The molecule has 0 spiro atoms. The van der Waals surface area contributed by atoms with Crippen LogP contribution in [-0.2, 0) is 25.7 Å². The van der Waals surface area contributed by atoms with E-state index in [1.165, 1.54) is 0 Å². The van der Waals surface area contributed by atoms with Crippen LogP contribution in [0.3, 0.4) is 0 Å². The maximum atomic E-state index is 12.1. The zero-order valence-electron chi connectivity index (χ0n) is 15.3. The number of esters is 1. The van der Waals surface area contributed by atoms with Gasteiger partial charge in [-0.25, -0.2) is 4.79 Å². The highest BCUT2D eigenvalue weighted by Gasteiger charge is 2.27. The summed E-state index contributed by atoms with van der Waals surface area (Å²) in [6, 6.07) is 7.92. The van der Waals surface area contributed by atoms with Crippen molar-refractivity contribution in [2.24, 2.45) is 0 Å². The first-order chi connectivity index (χ1) is 12.2. The molecule has 0 radical (unpaired) electrons. The third kappa shape index (κ3) is 9.03. The molecule has 8 heteroatoms. The minimum Gasteiger partial charge on any atom is -0.461 e. The largest absolute Gasteiger partial charge is 0.461 e. The van der Waals surface area contributed by atoms with Crippen LogP contribution in [0, 0.1) is 0 Å². The molecule has 1 aromatic carbocycles. The van der Waals surface area contributed by atoms with Crippen LogP contribution in [-0.4, -0.2) is 47.9 Å². The Morgan fingerprint density at radius 1 is 1.15 bits per heavy atom. The molecule has 26 heavy (non-hydrogen) atoms. The van der Waals surface area contributed by atoms with Crippen LogP contribution in [0.1, 0.15) is 32.8 Å². The fourth-order valence-electron chi connectivity index (χ4n) is 1.93. The van der Waals surface area contributed by atoms with Crippen molar-refractivity contribution in [2.45, 2.75) is 45.4 Å².